The van der Waals surface area contributed by atoms with Crippen molar-refractivity contribution in [1.82, 2.24) is 0 Å². The predicted molar refractivity (Wildman–Crippen MR) is 18.4 cm³/mol. The van der Waals surface area contributed by atoms with Gasteiger partial charge in [-0.25, -0.2) is 0 Å². The van der Waals surface area contributed by atoms with Gasteiger partial charge in [-0.2, -0.15) is 0 Å². The Bertz CT molecular complexity index is 20.0. The first-order valence-electron chi connectivity index (χ1n) is 0.880. The summed E-state index contributed by atoms with van der Waals surface area (Å²) in [5.74, 6) is 1.88. The number of rotatable bonds is 1. The first-order valence-corrected chi connectivity index (χ1v) is 3.58. The third kappa shape index (κ3) is 2.19. The molecule has 0 radical (unpaired) electrons. The summed E-state index contributed by atoms with van der Waals surface area (Å²) in [6, 6.07) is 0. The Balaban J connectivity index is 2.30. The minimum atomic E-state index is 0.236. The van der Waals surface area contributed by atoms with Crippen LogP contribution >= 0.6 is 0 Å². The van der Waals surface area contributed by atoms with Crippen molar-refractivity contribution in [1.29, 1.82) is 0 Å². The molecule has 0 unspecified atom stereocenters. The van der Waals surface area contributed by atoms with E-state index in [4.69, 9.17) is 0 Å². The third-order valence-electron chi connectivity index (χ3n) is 0.0962. The summed E-state index contributed by atoms with van der Waals surface area (Å²) < 4.78 is 0. The molecular weight excluding hydrogens is 119 g/mol. The van der Waals surface area contributed by atoms with Gasteiger partial charge in [-0.15, -0.1) is 0 Å². The van der Waals surface area contributed by atoms with E-state index in [1.165, 1.54) is 0 Å². The van der Waals surface area contributed by atoms with Gasteiger partial charge < -0.3 is 0 Å². The van der Waals surface area contributed by atoms with Crippen LogP contribution in [0, 0.1) is 0 Å². The molecule has 0 fully saturated rings. The van der Waals surface area contributed by atoms with Gasteiger partial charge in [-0.05, 0) is 0 Å². The molecule has 0 amide bonds. The normalized spacial score (nSPS) is 6.25. The van der Waals surface area contributed by atoms with E-state index in [1.807, 2.05) is 5.82 Å². The van der Waals surface area contributed by atoms with Gasteiger partial charge in [-0.1, -0.05) is 0 Å². The van der Waals surface area contributed by atoms with Crippen molar-refractivity contribution in [3.63, 3.8) is 0 Å². The molecule has 2 heteroatoms. The molecule has 0 rings (SSSR count). The van der Waals surface area contributed by atoms with Crippen LogP contribution in [-0.4, -0.2) is 20.1 Å². The maximum absolute atomic E-state index is 9.20. The van der Waals surface area contributed by atoms with E-state index in [0.717, 1.165) is 5.18 Å². The van der Waals surface area contributed by atoms with Gasteiger partial charge in [0.25, 0.3) is 0 Å². The predicted octanol–water partition coefficient (Wildman–Crippen LogP) is -0.0711. The van der Waals surface area contributed by atoms with Gasteiger partial charge in [-0.3, -0.25) is 0 Å². The van der Waals surface area contributed by atoms with Gasteiger partial charge in [0.15, 0.2) is 0 Å². The first kappa shape index (κ1) is 4.19. The quantitative estimate of drug-likeness (QED) is 0.352. The van der Waals surface area contributed by atoms with Crippen molar-refractivity contribution >= 4 is 20.1 Å². The summed E-state index contributed by atoms with van der Waals surface area (Å²) in [5.41, 5.74) is 0. The fraction of sp³-hybridized carbons (Fsp3) is 0.500. The molecule has 0 saturated carbocycles. The molecule has 0 aliphatic heterocycles. The van der Waals surface area contributed by atoms with Crippen LogP contribution in [0.2, 0.25) is 5.82 Å². The first-order chi connectivity index (χ1) is 1.91. The molecule has 0 aliphatic carbocycles. The summed E-state index contributed by atoms with van der Waals surface area (Å²) in [5, 5.41) is 0.938. The summed E-state index contributed by atoms with van der Waals surface area (Å²) in [7, 11) is 0. The van der Waals surface area contributed by atoms with Crippen LogP contribution in [-0.2, 0) is 4.79 Å². The Morgan fingerprint density at radius 1 is 2.00 bits per heavy atom. The molecule has 0 aromatic rings. The Kier molecular flexibility index (Phi) is 3.34. The van der Waals surface area contributed by atoms with E-state index < -0.39 is 0 Å². The van der Waals surface area contributed by atoms with Crippen LogP contribution in [0.25, 0.3) is 0 Å². The molecule has 0 spiro atoms. The van der Waals surface area contributed by atoms with Crippen LogP contribution in [0.3, 0.4) is 0 Å². The second-order valence-electron chi connectivity index (χ2n) is 0.332. The third-order valence-corrected chi connectivity index (χ3v) is 0.500. The van der Waals surface area contributed by atoms with Crippen molar-refractivity contribution in [3.05, 3.63) is 0 Å². The molecule has 24 valence electrons. The van der Waals surface area contributed by atoms with Gasteiger partial charge in [0.1, 0.15) is 0 Å². The SMILES string of the molecule is C[Se]C=O. The summed E-state index contributed by atoms with van der Waals surface area (Å²) in [6.07, 6.45) is 0. The summed E-state index contributed by atoms with van der Waals surface area (Å²) >= 11 is 0.236. The number of hydrogen-bond donors (Lipinski definition) is 0. The topological polar surface area (TPSA) is 17.1 Å². The average Bonchev–Trinajstić information content (AvgIpc) is 1.37. The van der Waals surface area contributed by atoms with E-state index in [2.05, 4.69) is 0 Å². The van der Waals surface area contributed by atoms with Gasteiger partial charge >= 0.3 is 30.8 Å². The second kappa shape index (κ2) is 3.19. The van der Waals surface area contributed by atoms with E-state index in [9.17, 15) is 4.79 Å². The summed E-state index contributed by atoms with van der Waals surface area (Å²) in [4.78, 5) is 9.20. The van der Waals surface area contributed by atoms with E-state index in [0.29, 0.717) is 0 Å². The molecule has 0 aromatic heterocycles. The zero-order valence-electron chi connectivity index (χ0n) is 2.39. The zero-order valence-corrected chi connectivity index (χ0v) is 4.11. The number of carbonyl (C=O) groups excluding carboxylic acids is 1. The van der Waals surface area contributed by atoms with Crippen LogP contribution in [0.4, 0.5) is 0 Å². The van der Waals surface area contributed by atoms with Gasteiger partial charge in [0.05, 0.1) is 0 Å². The van der Waals surface area contributed by atoms with E-state index in [-0.39, 0.29) is 15.0 Å². The fourth-order valence-corrected chi connectivity index (χ4v) is 0. The molecule has 0 aliphatic rings. The maximum atomic E-state index is 9.20. The number of hydrogen-bond acceptors (Lipinski definition) is 1. The van der Waals surface area contributed by atoms with Crippen molar-refractivity contribution < 1.29 is 4.79 Å². The second-order valence-corrected chi connectivity index (χ2v) is 1.72. The molecular formula is C2H4OSe. The monoisotopic (exact) mass is 124 g/mol. The molecule has 0 aromatic carbocycles. The zero-order chi connectivity index (χ0) is 3.41. The average molecular weight is 123 g/mol. The molecule has 0 heterocycles. The van der Waals surface area contributed by atoms with Crippen molar-refractivity contribution in [3.8, 4) is 0 Å². The molecule has 0 bridgehead atoms. The molecule has 0 N–H and O–H groups in total. The van der Waals surface area contributed by atoms with Crippen molar-refractivity contribution in [2.75, 3.05) is 0 Å². The van der Waals surface area contributed by atoms with E-state index in [1.54, 1.807) is 0 Å². The van der Waals surface area contributed by atoms with Gasteiger partial charge in [0.2, 0.25) is 0 Å². The number of carbonyl (C=O) groups is 1. The van der Waals surface area contributed by atoms with Crippen molar-refractivity contribution in [2.24, 2.45) is 0 Å². The summed E-state index contributed by atoms with van der Waals surface area (Å²) in [6.45, 7) is 0. The molecule has 4 heavy (non-hydrogen) atoms. The van der Waals surface area contributed by atoms with E-state index >= 15 is 0 Å². The molecule has 0 saturated heterocycles. The van der Waals surface area contributed by atoms with Crippen LogP contribution in [0.5, 0.6) is 0 Å². The Hall–Kier alpha value is 0.189. The van der Waals surface area contributed by atoms with Crippen LogP contribution < -0.4 is 0 Å². The van der Waals surface area contributed by atoms with Crippen LogP contribution in [0.1, 0.15) is 0 Å². The Morgan fingerprint density at radius 3 is 2.25 bits per heavy atom. The Labute approximate surface area is 31.5 Å². The minimum absolute atomic E-state index is 0.236. The fourth-order valence-electron chi connectivity index (χ4n) is 0. The molecule has 0 atom stereocenters. The van der Waals surface area contributed by atoms with Gasteiger partial charge in [0, 0.05) is 0 Å². The standard InChI is InChI=1S/C2H4OSe/c1-4-2-3/h2H,1H3. The molecule has 1 nitrogen and oxygen atoms in total. The Morgan fingerprint density at radius 2 is 2.25 bits per heavy atom. The van der Waals surface area contributed by atoms with Crippen molar-refractivity contribution in [2.45, 2.75) is 5.82 Å². The van der Waals surface area contributed by atoms with Crippen LogP contribution in [0.15, 0.2) is 0 Å².